The van der Waals surface area contributed by atoms with Gasteiger partial charge in [0.15, 0.2) is 0 Å². The molecule has 1 rings (SSSR count). The molecule has 0 saturated carbocycles. The molecule has 0 saturated heterocycles. The van der Waals surface area contributed by atoms with E-state index in [0.29, 0.717) is 30.1 Å². The number of hydrogen-bond acceptors (Lipinski definition) is 1. The molecular weight excluding hydrogens is 253 g/mol. The monoisotopic (exact) mass is 271 g/mol. The smallest absolute Gasteiger partial charge is 0.254 e. The van der Waals surface area contributed by atoms with Crippen LogP contribution < -0.4 is 0 Å². The number of amides is 1. The summed E-state index contributed by atoms with van der Waals surface area (Å²) in [6.45, 7) is 5.04. The average Bonchev–Trinajstić information content (AvgIpc) is 2.33. The molecule has 100 valence electrons. The highest BCUT2D eigenvalue weighted by Crippen LogP contribution is 2.13. The van der Waals surface area contributed by atoms with Crippen molar-refractivity contribution in [2.75, 3.05) is 19.0 Å². The molecule has 4 heteroatoms. The van der Waals surface area contributed by atoms with Crippen molar-refractivity contribution in [2.24, 2.45) is 0 Å². The van der Waals surface area contributed by atoms with Gasteiger partial charge in [0.05, 0.1) is 0 Å². The summed E-state index contributed by atoms with van der Waals surface area (Å²) in [5.74, 6) is 0.0264. The molecule has 0 fully saturated rings. The van der Waals surface area contributed by atoms with Crippen LogP contribution in [0.15, 0.2) is 18.2 Å². The Morgan fingerprint density at radius 2 is 2.11 bits per heavy atom. The number of carbonyl (C=O) groups excluding carboxylic acids is 1. The second-order valence-electron chi connectivity index (χ2n) is 4.29. The minimum atomic E-state index is -0.318. The van der Waals surface area contributed by atoms with Crippen LogP contribution in [0.5, 0.6) is 0 Å². The summed E-state index contributed by atoms with van der Waals surface area (Å²) in [5.41, 5.74) is 1.22. The van der Waals surface area contributed by atoms with Gasteiger partial charge in [0.25, 0.3) is 5.91 Å². The minimum Gasteiger partial charge on any atom is -0.337 e. The quantitative estimate of drug-likeness (QED) is 0.724. The fourth-order valence-electron chi connectivity index (χ4n) is 1.80. The molecule has 0 aliphatic heterocycles. The molecule has 1 amide bonds. The Morgan fingerprint density at radius 3 is 2.67 bits per heavy atom. The maximum atomic E-state index is 13.0. The number of unbranched alkanes of at least 4 members (excludes halogenated alkanes) is 1. The van der Waals surface area contributed by atoms with Crippen LogP contribution in [0.3, 0.4) is 0 Å². The first kappa shape index (κ1) is 15.0. The molecule has 0 atom stereocenters. The highest BCUT2D eigenvalue weighted by Gasteiger charge is 2.16. The van der Waals surface area contributed by atoms with Crippen LogP contribution >= 0.6 is 11.6 Å². The van der Waals surface area contributed by atoms with E-state index in [0.717, 1.165) is 12.8 Å². The number of nitrogens with zero attached hydrogens (tertiary/aromatic N) is 1. The number of aryl methyl sites for hydroxylation is 1. The molecule has 1 aromatic carbocycles. The third kappa shape index (κ3) is 3.98. The van der Waals surface area contributed by atoms with E-state index in [1.807, 2.05) is 0 Å². The van der Waals surface area contributed by atoms with Gasteiger partial charge in [0, 0.05) is 24.5 Å². The van der Waals surface area contributed by atoms with Crippen LogP contribution in [-0.2, 0) is 0 Å². The molecule has 0 unspecified atom stereocenters. The lowest BCUT2D eigenvalue weighted by Crippen LogP contribution is -2.34. The van der Waals surface area contributed by atoms with Crippen molar-refractivity contribution < 1.29 is 9.18 Å². The molecule has 0 aromatic heterocycles. The maximum Gasteiger partial charge on any atom is 0.254 e. The topological polar surface area (TPSA) is 20.3 Å². The number of alkyl halides is 1. The fraction of sp³-hybridized carbons (Fsp3) is 0.500. The lowest BCUT2D eigenvalue weighted by atomic mass is 10.1. The first-order valence-electron chi connectivity index (χ1n) is 6.21. The van der Waals surface area contributed by atoms with Crippen LogP contribution in [0.25, 0.3) is 0 Å². The Balaban J connectivity index is 2.87. The third-order valence-corrected chi connectivity index (χ3v) is 3.01. The summed E-state index contributed by atoms with van der Waals surface area (Å²) in [7, 11) is 0. The van der Waals surface area contributed by atoms with Crippen molar-refractivity contribution in [1.29, 1.82) is 0 Å². The first-order chi connectivity index (χ1) is 8.60. The highest BCUT2D eigenvalue weighted by atomic mass is 35.5. The second kappa shape index (κ2) is 7.37. The van der Waals surface area contributed by atoms with E-state index in [4.69, 9.17) is 11.6 Å². The minimum absolute atomic E-state index is 0.0680. The largest absolute Gasteiger partial charge is 0.337 e. The van der Waals surface area contributed by atoms with Crippen LogP contribution in [-0.4, -0.2) is 29.8 Å². The van der Waals surface area contributed by atoms with Crippen molar-refractivity contribution in [3.05, 3.63) is 35.1 Å². The Morgan fingerprint density at radius 1 is 1.39 bits per heavy atom. The Hall–Kier alpha value is -1.09. The van der Waals surface area contributed by atoms with Crippen LogP contribution in [0.4, 0.5) is 4.39 Å². The van der Waals surface area contributed by atoms with E-state index in [2.05, 4.69) is 6.92 Å². The molecule has 0 bridgehead atoms. The summed E-state index contributed by atoms with van der Waals surface area (Å²) in [5, 5.41) is 0. The van der Waals surface area contributed by atoms with Gasteiger partial charge in [-0.3, -0.25) is 4.79 Å². The molecule has 0 aliphatic carbocycles. The van der Waals surface area contributed by atoms with Gasteiger partial charge < -0.3 is 4.90 Å². The van der Waals surface area contributed by atoms with Crippen molar-refractivity contribution >= 4 is 17.5 Å². The van der Waals surface area contributed by atoms with Gasteiger partial charge in [-0.2, -0.15) is 0 Å². The van der Waals surface area contributed by atoms with Gasteiger partial charge >= 0.3 is 0 Å². The van der Waals surface area contributed by atoms with Crippen LogP contribution in [0.1, 0.15) is 35.7 Å². The maximum absolute atomic E-state index is 13.0. The van der Waals surface area contributed by atoms with E-state index < -0.39 is 0 Å². The lowest BCUT2D eigenvalue weighted by Gasteiger charge is -2.22. The number of rotatable bonds is 6. The molecule has 0 heterocycles. The van der Waals surface area contributed by atoms with Gasteiger partial charge in [0.1, 0.15) is 5.82 Å². The number of benzene rings is 1. The molecule has 0 spiro atoms. The molecule has 0 aliphatic rings. The van der Waals surface area contributed by atoms with Crippen LogP contribution in [0, 0.1) is 12.7 Å². The predicted octanol–water partition coefficient (Wildman–Crippen LogP) is 3.62. The average molecular weight is 272 g/mol. The van der Waals surface area contributed by atoms with Gasteiger partial charge in [-0.15, -0.1) is 11.6 Å². The van der Waals surface area contributed by atoms with Gasteiger partial charge in [0.2, 0.25) is 0 Å². The second-order valence-corrected chi connectivity index (χ2v) is 4.67. The summed E-state index contributed by atoms with van der Waals surface area (Å²) < 4.78 is 13.0. The normalized spacial score (nSPS) is 10.4. The fourth-order valence-corrected chi connectivity index (χ4v) is 2.01. The zero-order chi connectivity index (χ0) is 13.5. The van der Waals surface area contributed by atoms with Crippen molar-refractivity contribution in [1.82, 2.24) is 4.90 Å². The summed E-state index contributed by atoms with van der Waals surface area (Å²) in [6, 6.07) is 4.24. The number of halogens is 2. The van der Waals surface area contributed by atoms with E-state index >= 15 is 0 Å². The zero-order valence-electron chi connectivity index (χ0n) is 10.9. The van der Waals surface area contributed by atoms with Crippen molar-refractivity contribution in [2.45, 2.75) is 26.7 Å². The van der Waals surface area contributed by atoms with Gasteiger partial charge in [-0.1, -0.05) is 13.3 Å². The summed E-state index contributed by atoms with van der Waals surface area (Å²) >= 11 is 5.72. The Kier molecular flexibility index (Phi) is 6.13. The zero-order valence-corrected chi connectivity index (χ0v) is 11.6. The molecule has 0 N–H and O–H groups in total. The van der Waals surface area contributed by atoms with Gasteiger partial charge in [-0.25, -0.2) is 4.39 Å². The Labute approximate surface area is 113 Å². The summed E-state index contributed by atoms with van der Waals surface area (Å²) in [4.78, 5) is 14.1. The molecule has 18 heavy (non-hydrogen) atoms. The Bertz CT molecular complexity index is 409. The molecule has 2 nitrogen and oxygen atoms in total. The SMILES string of the molecule is CCCCN(CCCl)C(=O)c1ccc(F)cc1C. The van der Waals surface area contributed by atoms with Crippen molar-refractivity contribution in [3.63, 3.8) is 0 Å². The van der Waals surface area contributed by atoms with Crippen LogP contribution in [0.2, 0.25) is 0 Å². The lowest BCUT2D eigenvalue weighted by molar-refractivity contribution is 0.0762. The highest BCUT2D eigenvalue weighted by molar-refractivity contribution is 6.18. The molecule has 0 radical (unpaired) electrons. The van der Waals surface area contributed by atoms with E-state index in [1.165, 1.54) is 12.1 Å². The van der Waals surface area contributed by atoms with E-state index in [9.17, 15) is 9.18 Å². The number of carbonyl (C=O) groups is 1. The first-order valence-corrected chi connectivity index (χ1v) is 6.75. The summed E-state index contributed by atoms with van der Waals surface area (Å²) in [6.07, 6.45) is 1.97. The van der Waals surface area contributed by atoms with E-state index in [1.54, 1.807) is 17.9 Å². The predicted molar refractivity (Wildman–Crippen MR) is 72.7 cm³/mol. The standard InChI is InChI=1S/C14H19ClFNO/c1-3-4-8-17(9-7-15)14(18)13-6-5-12(16)10-11(13)2/h5-6,10H,3-4,7-9H2,1-2H3. The van der Waals surface area contributed by atoms with Gasteiger partial charge in [-0.05, 0) is 37.1 Å². The molecular formula is C14H19ClFNO. The van der Waals surface area contributed by atoms with Crippen molar-refractivity contribution in [3.8, 4) is 0 Å². The third-order valence-electron chi connectivity index (χ3n) is 2.84. The van der Waals surface area contributed by atoms with E-state index in [-0.39, 0.29) is 11.7 Å². The number of hydrogen-bond donors (Lipinski definition) is 0. The molecule has 1 aromatic rings.